The second-order valence-corrected chi connectivity index (χ2v) is 10.6. The second-order valence-electron chi connectivity index (χ2n) is 10.6. The van der Waals surface area contributed by atoms with Crippen LogP contribution in [0.3, 0.4) is 0 Å². The number of halogens is 1. The van der Waals surface area contributed by atoms with E-state index in [1.54, 1.807) is 6.07 Å². The molecule has 0 radical (unpaired) electrons. The predicted octanol–water partition coefficient (Wildman–Crippen LogP) is 4.88. The average molecular weight is 534 g/mol. The van der Waals surface area contributed by atoms with Crippen LogP contribution < -0.4 is 20.3 Å². The SMILES string of the molecule is Cc1ccc(NC(=O)c2ccnc(C(C)(C)F)c2)cc1-c1cc(OC[C@@H]2CCCN2)nc(N2CCOCC2)c1. The lowest BCUT2D eigenvalue weighted by Crippen LogP contribution is -2.36. The van der Waals surface area contributed by atoms with Gasteiger partial charge in [-0.05, 0) is 87.2 Å². The van der Waals surface area contributed by atoms with Crippen molar-refractivity contribution in [2.75, 3.05) is 49.7 Å². The lowest BCUT2D eigenvalue weighted by molar-refractivity contribution is 0.102. The van der Waals surface area contributed by atoms with E-state index in [0.717, 1.165) is 55.0 Å². The minimum Gasteiger partial charge on any atom is -0.476 e. The Morgan fingerprint density at radius 2 is 2.03 bits per heavy atom. The number of hydrogen-bond donors (Lipinski definition) is 2. The van der Waals surface area contributed by atoms with E-state index in [1.165, 1.54) is 26.1 Å². The number of hydrogen-bond acceptors (Lipinski definition) is 7. The number of carbonyl (C=O) groups excluding carboxylic acids is 1. The summed E-state index contributed by atoms with van der Waals surface area (Å²) in [4.78, 5) is 24.1. The van der Waals surface area contributed by atoms with Crippen molar-refractivity contribution in [2.24, 2.45) is 0 Å². The van der Waals surface area contributed by atoms with Crippen LogP contribution >= 0.6 is 0 Å². The molecule has 0 bridgehead atoms. The number of benzene rings is 1. The Labute approximate surface area is 228 Å². The maximum absolute atomic E-state index is 14.4. The maximum Gasteiger partial charge on any atom is 0.255 e. The van der Waals surface area contributed by atoms with Crippen LogP contribution in [0.4, 0.5) is 15.9 Å². The van der Waals surface area contributed by atoms with Crippen LogP contribution in [0.5, 0.6) is 5.88 Å². The molecule has 2 aliphatic rings. The van der Waals surface area contributed by atoms with Gasteiger partial charge in [-0.15, -0.1) is 0 Å². The summed E-state index contributed by atoms with van der Waals surface area (Å²) in [5, 5.41) is 6.42. The van der Waals surface area contributed by atoms with Crippen molar-refractivity contribution in [1.29, 1.82) is 0 Å². The number of nitrogens with zero attached hydrogens (tertiary/aromatic N) is 3. The minimum absolute atomic E-state index is 0.215. The number of anilines is 2. The number of pyridine rings is 2. The number of amides is 1. The summed E-state index contributed by atoms with van der Waals surface area (Å²) in [6.45, 7) is 9.31. The van der Waals surface area contributed by atoms with Crippen molar-refractivity contribution in [2.45, 2.75) is 45.3 Å². The molecule has 0 aliphatic carbocycles. The largest absolute Gasteiger partial charge is 0.476 e. The van der Waals surface area contributed by atoms with Crippen molar-refractivity contribution in [1.82, 2.24) is 15.3 Å². The molecule has 3 aromatic rings. The molecule has 2 N–H and O–H groups in total. The van der Waals surface area contributed by atoms with Crippen molar-refractivity contribution in [3.8, 4) is 17.0 Å². The van der Waals surface area contributed by atoms with Crippen LogP contribution in [0.2, 0.25) is 0 Å². The molecular formula is C30H36FN5O3. The summed E-state index contributed by atoms with van der Waals surface area (Å²) >= 11 is 0. The van der Waals surface area contributed by atoms with Gasteiger partial charge in [0, 0.05) is 42.6 Å². The van der Waals surface area contributed by atoms with E-state index in [-0.39, 0.29) is 11.6 Å². The van der Waals surface area contributed by atoms with Gasteiger partial charge in [0.2, 0.25) is 5.88 Å². The van der Waals surface area contributed by atoms with Gasteiger partial charge in [-0.2, -0.15) is 4.98 Å². The highest BCUT2D eigenvalue weighted by Gasteiger charge is 2.22. The van der Waals surface area contributed by atoms with E-state index in [1.807, 2.05) is 31.2 Å². The minimum atomic E-state index is -1.64. The first-order valence-electron chi connectivity index (χ1n) is 13.5. The number of aromatic nitrogens is 2. The molecule has 206 valence electrons. The standard InChI is InChI=1S/C30H36FN5O3/c1-20-6-7-23(34-29(37)21-8-10-33-26(15-21)30(2,3)31)18-25(20)22-16-27(36-11-13-38-14-12-36)35-28(17-22)39-19-24-5-4-9-32-24/h6-8,10,15-18,24,32H,4-5,9,11-14,19H2,1-3H3,(H,34,37)/t24-/m0/s1. The Morgan fingerprint density at radius 1 is 1.21 bits per heavy atom. The number of morpholine rings is 1. The smallest absolute Gasteiger partial charge is 0.255 e. The molecule has 2 saturated heterocycles. The predicted molar refractivity (Wildman–Crippen MR) is 150 cm³/mol. The molecule has 4 heterocycles. The lowest BCUT2D eigenvalue weighted by atomic mass is 10.00. The Kier molecular flexibility index (Phi) is 8.09. The Hall–Kier alpha value is -3.56. The zero-order chi connectivity index (χ0) is 27.4. The van der Waals surface area contributed by atoms with Crippen LogP contribution in [0, 0.1) is 6.92 Å². The molecule has 0 saturated carbocycles. The zero-order valence-electron chi connectivity index (χ0n) is 22.8. The molecule has 1 atom stereocenters. The number of rotatable bonds is 8. The van der Waals surface area contributed by atoms with Crippen molar-refractivity contribution in [3.05, 3.63) is 65.5 Å². The number of alkyl halides is 1. The third-order valence-corrected chi connectivity index (χ3v) is 7.16. The lowest BCUT2D eigenvalue weighted by Gasteiger charge is -2.28. The van der Waals surface area contributed by atoms with E-state index >= 15 is 0 Å². The van der Waals surface area contributed by atoms with Crippen LogP contribution in [0.1, 0.15) is 48.3 Å². The second kappa shape index (κ2) is 11.7. The third-order valence-electron chi connectivity index (χ3n) is 7.16. The molecular weight excluding hydrogens is 497 g/mol. The fraction of sp³-hybridized carbons (Fsp3) is 0.433. The van der Waals surface area contributed by atoms with Crippen LogP contribution in [-0.2, 0) is 10.4 Å². The first kappa shape index (κ1) is 27.0. The van der Waals surface area contributed by atoms with Gasteiger partial charge in [0.15, 0.2) is 0 Å². The van der Waals surface area contributed by atoms with Gasteiger partial charge in [-0.1, -0.05) is 6.07 Å². The first-order valence-corrected chi connectivity index (χ1v) is 13.5. The highest BCUT2D eigenvalue weighted by Crippen LogP contribution is 2.32. The Bertz CT molecular complexity index is 1310. The van der Waals surface area contributed by atoms with Gasteiger partial charge >= 0.3 is 0 Å². The topological polar surface area (TPSA) is 88.6 Å². The molecule has 9 heteroatoms. The van der Waals surface area contributed by atoms with Gasteiger partial charge in [-0.25, -0.2) is 4.39 Å². The molecule has 1 aromatic carbocycles. The van der Waals surface area contributed by atoms with Crippen LogP contribution in [-0.4, -0.2) is 61.4 Å². The molecule has 0 spiro atoms. The van der Waals surface area contributed by atoms with Gasteiger partial charge in [0.05, 0.1) is 18.9 Å². The maximum atomic E-state index is 14.4. The monoisotopic (exact) mass is 533 g/mol. The summed E-state index contributed by atoms with van der Waals surface area (Å²) in [7, 11) is 0. The molecule has 5 rings (SSSR count). The van der Waals surface area contributed by atoms with Gasteiger partial charge < -0.3 is 25.0 Å². The first-order chi connectivity index (χ1) is 18.8. The van der Waals surface area contributed by atoms with Crippen molar-refractivity contribution < 1.29 is 18.7 Å². The summed E-state index contributed by atoms with van der Waals surface area (Å²) in [5.41, 5.74) is 2.55. The molecule has 39 heavy (non-hydrogen) atoms. The van der Waals surface area contributed by atoms with E-state index in [4.69, 9.17) is 14.5 Å². The number of ether oxygens (including phenoxy) is 2. The Morgan fingerprint density at radius 3 is 2.77 bits per heavy atom. The summed E-state index contributed by atoms with van der Waals surface area (Å²) in [6.07, 6.45) is 3.71. The van der Waals surface area contributed by atoms with Gasteiger partial charge in [0.25, 0.3) is 5.91 Å². The summed E-state index contributed by atoms with van der Waals surface area (Å²) in [5.74, 6) is 1.10. The summed E-state index contributed by atoms with van der Waals surface area (Å²) in [6, 6.07) is 13.2. The van der Waals surface area contributed by atoms with Gasteiger partial charge in [0.1, 0.15) is 18.1 Å². The zero-order valence-corrected chi connectivity index (χ0v) is 22.8. The molecule has 2 aliphatic heterocycles. The van der Waals surface area contributed by atoms with E-state index in [9.17, 15) is 9.18 Å². The highest BCUT2D eigenvalue weighted by atomic mass is 19.1. The van der Waals surface area contributed by atoms with E-state index in [2.05, 4.69) is 26.6 Å². The third kappa shape index (κ3) is 6.72. The van der Waals surface area contributed by atoms with E-state index < -0.39 is 5.67 Å². The number of nitrogens with one attached hydrogen (secondary N) is 2. The molecule has 8 nitrogen and oxygen atoms in total. The molecule has 1 amide bonds. The number of carbonyl (C=O) groups is 1. The molecule has 2 aromatic heterocycles. The van der Waals surface area contributed by atoms with Crippen molar-refractivity contribution in [3.63, 3.8) is 0 Å². The highest BCUT2D eigenvalue weighted by molar-refractivity contribution is 6.04. The fourth-order valence-corrected chi connectivity index (χ4v) is 4.87. The van der Waals surface area contributed by atoms with Crippen molar-refractivity contribution >= 4 is 17.4 Å². The average Bonchev–Trinajstić information content (AvgIpc) is 3.47. The fourth-order valence-electron chi connectivity index (χ4n) is 4.87. The van der Waals surface area contributed by atoms with Crippen LogP contribution in [0.25, 0.3) is 11.1 Å². The Balaban J connectivity index is 1.42. The normalized spacial score (nSPS) is 17.7. The van der Waals surface area contributed by atoms with Gasteiger partial charge in [-0.3, -0.25) is 9.78 Å². The quantitative estimate of drug-likeness (QED) is 0.427. The summed E-state index contributed by atoms with van der Waals surface area (Å²) < 4.78 is 26.1. The molecule has 2 fully saturated rings. The van der Waals surface area contributed by atoms with Crippen LogP contribution in [0.15, 0.2) is 48.7 Å². The van der Waals surface area contributed by atoms with E-state index in [0.29, 0.717) is 43.0 Å². The number of aryl methyl sites for hydroxylation is 1. The molecule has 0 unspecified atom stereocenters.